The van der Waals surface area contributed by atoms with Crippen molar-refractivity contribution in [1.82, 2.24) is 0 Å². The standard InChI is InChI=1S/C86H88O16S2/c1-9-17-37-95-79(87)55-31-25-49-51-27-33-59(83(91)99-41-21-13-5)75-63(85(93)101-43-23-15-7)45-61(71(77(51)75)53-29-35-57(73(55)69(49)53)81(89)97-39-19-11-3)65-47-67-68(103-65)48-66(104-67)62-46-64(86(94)102-44-24-16-8)76-60(84(92)100-42-22-14-6)34-28-52-50-26-32-56(80(88)96-38-18-10-2)74-58(82(90)98-40-20-12-4)36-30-54(70(50)74)72(62)78(52)76/h25-36,45-48H,9-24,37-44H2,1-8H3. The van der Waals surface area contributed by atoms with Gasteiger partial charge in [-0.15, -0.1) is 22.7 Å². The second kappa shape index (κ2) is 33.3. The molecule has 12 rings (SSSR count). The van der Waals surface area contributed by atoms with E-state index in [1.54, 1.807) is 48.5 Å². The van der Waals surface area contributed by atoms with E-state index in [4.69, 9.17) is 37.9 Å². The molecule has 0 aliphatic heterocycles. The largest absolute Gasteiger partial charge is 0.462 e. The highest BCUT2D eigenvalue weighted by molar-refractivity contribution is 7.31. The highest BCUT2D eigenvalue weighted by Crippen LogP contribution is 2.54. The number of carbonyl (C=O) groups excluding carboxylic acids is 8. The van der Waals surface area contributed by atoms with Crippen molar-refractivity contribution in [3.8, 4) is 20.9 Å². The molecule has 0 fully saturated rings. The lowest BCUT2D eigenvalue weighted by Gasteiger charge is -2.22. The van der Waals surface area contributed by atoms with Gasteiger partial charge in [-0.25, -0.2) is 38.4 Å². The molecular weight excluding hydrogens is 1350 g/mol. The van der Waals surface area contributed by atoms with Crippen LogP contribution in [0.5, 0.6) is 0 Å². The SMILES string of the molecule is CCCCOC(=O)c1ccc2c3ccc(C(=O)OCCCC)c4c(C(=O)OCCCC)cc(-c5cc6sc(-c7cc(C(=O)OCCCC)c8c(C(=O)OCCCC)ccc9c%10ccc(C(=O)OCCCC)c%11c(C(=O)OCCCC)ccc(c7c89)c%11%10)cc6s5)c(c5ccc(C(=O)OCCCC)c1c25)c43. The Labute approximate surface area is 612 Å². The Hall–Kier alpha value is -9.78. The number of ether oxygens (including phenoxy) is 8. The highest BCUT2D eigenvalue weighted by atomic mass is 32.1. The zero-order chi connectivity index (χ0) is 73.3. The molecule has 0 saturated heterocycles. The maximum atomic E-state index is 15.1. The van der Waals surface area contributed by atoms with Gasteiger partial charge in [0.05, 0.1) is 97.4 Å². The van der Waals surface area contributed by atoms with Gasteiger partial charge in [-0.2, -0.15) is 0 Å². The second-order valence-corrected chi connectivity index (χ2v) is 28.7. The number of fused-ring (bicyclic) bond motifs is 5. The molecule has 0 aliphatic carbocycles. The molecule has 0 saturated carbocycles. The van der Waals surface area contributed by atoms with E-state index in [1.165, 1.54) is 22.7 Å². The van der Waals surface area contributed by atoms with Crippen LogP contribution in [0.1, 0.15) is 241 Å². The normalized spacial score (nSPS) is 11.7. The maximum Gasteiger partial charge on any atom is 0.338 e. The fourth-order valence-corrected chi connectivity index (χ4v) is 16.4. The summed E-state index contributed by atoms with van der Waals surface area (Å²) in [6.07, 6.45) is 11.2. The molecule has 0 spiro atoms. The van der Waals surface area contributed by atoms with Gasteiger partial charge in [-0.05, 0) is 177 Å². The third-order valence-corrected chi connectivity index (χ3v) is 21.7. The molecule has 0 aliphatic rings. The van der Waals surface area contributed by atoms with Crippen LogP contribution in [-0.2, 0) is 37.9 Å². The van der Waals surface area contributed by atoms with E-state index in [1.807, 2.05) is 91.8 Å². The van der Waals surface area contributed by atoms with Gasteiger partial charge in [0, 0.05) is 51.8 Å². The van der Waals surface area contributed by atoms with Crippen molar-refractivity contribution in [1.29, 1.82) is 0 Å². The molecule has 16 nitrogen and oxygen atoms in total. The molecule has 2 heterocycles. The van der Waals surface area contributed by atoms with Crippen LogP contribution >= 0.6 is 22.7 Å². The summed E-state index contributed by atoms with van der Waals surface area (Å²) in [5.41, 5.74) is 2.54. The topological polar surface area (TPSA) is 210 Å². The Morgan fingerprint density at radius 1 is 0.231 bits per heavy atom. The van der Waals surface area contributed by atoms with Gasteiger partial charge in [-0.1, -0.05) is 143 Å². The van der Waals surface area contributed by atoms with Gasteiger partial charge in [0.15, 0.2) is 0 Å². The van der Waals surface area contributed by atoms with E-state index in [2.05, 4.69) is 12.1 Å². The van der Waals surface area contributed by atoms with Crippen molar-refractivity contribution in [3.05, 3.63) is 142 Å². The zero-order valence-corrected chi connectivity index (χ0v) is 62.2. The van der Waals surface area contributed by atoms with Gasteiger partial charge in [-0.3, -0.25) is 0 Å². The second-order valence-electron chi connectivity index (χ2n) is 26.5. The van der Waals surface area contributed by atoms with E-state index >= 15 is 9.59 Å². The monoisotopic (exact) mass is 1440 g/mol. The van der Waals surface area contributed by atoms with Crippen LogP contribution in [0.2, 0.25) is 0 Å². The lowest BCUT2D eigenvalue weighted by atomic mass is 9.82. The summed E-state index contributed by atoms with van der Waals surface area (Å²) in [5.74, 6) is -4.91. The van der Waals surface area contributed by atoms with Crippen molar-refractivity contribution in [3.63, 3.8) is 0 Å². The van der Waals surface area contributed by atoms with Crippen LogP contribution in [0.15, 0.2) is 97.1 Å². The summed E-state index contributed by atoms with van der Waals surface area (Å²) in [5, 5.41) is 8.72. The minimum atomic E-state index is -0.637. The van der Waals surface area contributed by atoms with Crippen molar-refractivity contribution < 1.29 is 76.3 Å². The molecule has 18 heteroatoms. The van der Waals surface area contributed by atoms with Crippen LogP contribution in [0.4, 0.5) is 0 Å². The summed E-state index contributed by atoms with van der Waals surface area (Å²) in [4.78, 5) is 119. The molecule has 0 N–H and O–H groups in total. The Balaban J connectivity index is 1.17. The van der Waals surface area contributed by atoms with Gasteiger partial charge >= 0.3 is 47.8 Å². The number of esters is 8. The first-order valence-electron chi connectivity index (χ1n) is 37.1. The van der Waals surface area contributed by atoms with Crippen molar-refractivity contribution in [2.45, 2.75) is 158 Å². The Kier molecular flexibility index (Phi) is 23.7. The molecule has 0 atom stereocenters. The molecular formula is C86H88O16S2. The van der Waals surface area contributed by atoms with Gasteiger partial charge in [0.25, 0.3) is 0 Å². The first-order valence-corrected chi connectivity index (χ1v) is 38.7. The molecule has 2 aromatic heterocycles. The molecule has 0 bridgehead atoms. The number of rotatable bonds is 34. The van der Waals surface area contributed by atoms with E-state index in [9.17, 15) is 28.8 Å². The predicted octanol–water partition coefficient (Wildman–Crippen LogP) is 22.1. The fraction of sp³-hybridized carbons (Fsp3) is 0.372. The zero-order valence-electron chi connectivity index (χ0n) is 60.6. The summed E-state index contributed by atoms with van der Waals surface area (Å²) in [6.45, 7) is 17.3. The number of hydrogen-bond donors (Lipinski definition) is 0. The summed E-state index contributed by atoms with van der Waals surface area (Å²) < 4.78 is 49.5. The number of thiophene rings is 2. The molecule has 10 aromatic carbocycles. The van der Waals surface area contributed by atoms with E-state index in [-0.39, 0.29) is 97.4 Å². The number of hydrogen-bond acceptors (Lipinski definition) is 18. The van der Waals surface area contributed by atoms with Crippen molar-refractivity contribution in [2.75, 3.05) is 52.9 Å². The summed E-state index contributed by atoms with van der Waals surface area (Å²) >= 11 is 2.91. The van der Waals surface area contributed by atoms with Crippen LogP contribution in [0.3, 0.4) is 0 Å². The van der Waals surface area contributed by atoms with E-state index in [0.29, 0.717) is 149 Å². The highest BCUT2D eigenvalue weighted by Gasteiger charge is 2.34. The first-order chi connectivity index (χ1) is 50.7. The average molecular weight is 1440 g/mol. The molecule has 0 amide bonds. The minimum absolute atomic E-state index is 0.123. The number of benzene rings is 10. The fourth-order valence-electron chi connectivity index (χ4n) is 13.9. The Morgan fingerprint density at radius 2 is 0.433 bits per heavy atom. The smallest absolute Gasteiger partial charge is 0.338 e. The molecule has 104 heavy (non-hydrogen) atoms. The predicted molar refractivity (Wildman–Crippen MR) is 415 cm³/mol. The van der Waals surface area contributed by atoms with Crippen molar-refractivity contribution in [2.24, 2.45) is 0 Å². The van der Waals surface area contributed by atoms with Gasteiger partial charge in [0.1, 0.15) is 0 Å². The summed E-state index contributed by atoms with van der Waals surface area (Å²) in [7, 11) is 0. The lowest BCUT2D eigenvalue weighted by Crippen LogP contribution is -2.13. The maximum absolute atomic E-state index is 15.1. The van der Waals surface area contributed by atoms with Gasteiger partial charge < -0.3 is 37.9 Å². The molecule has 540 valence electrons. The average Bonchev–Trinajstić information content (AvgIpc) is 0.842. The third kappa shape index (κ3) is 14.2. The molecule has 12 aromatic rings. The van der Waals surface area contributed by atoms with Crippen LogP contribution in [0, 0.1) is 0 Å². The Bertz CT molecular complexity index is 4880. The van der Waals surface area contributed by atoms with Crippen LogP contribution in [0.25, 0.3) is 116 Å². The molecule has 0 unspecified atom stereocenters. The van der Waals surface area contributed by atoms with E-state index < -0.39 is 47.8 Å². The quantitative estimate of drug-likeness (QED) is 0.0121. The van der Waals surface area contributed by atoms with Crippen LogP contribution < -0.4 is 0 Å². The van der Waals surface area contributed by atoms with Gasteiger partial charge in [0.2, 0.25) is 0 Å². The van der Waals surface area contributed by atoms with E-state index in [0.717, 1.165) is 70.5 Å². The number of carbonyl (C=O) groups is 8. The van der Waals surface area contributed by atoms with Crippen molar-refractivity contribution >= 4 is 166 Å². The first kappa shape index (κ1) is 74.0. The summed E-state index contributed by atoms with van der Waals surface area (Å²) in [6, 6.07) is 28.8. The number of unbranched alkanes of at least 4 members (excludes halogenated alkanes) is 8. The van der Waals surface area contributed by atoms with Crippen LogP contribution in [-0.4, -0.2) is 101 Å². The third-order valence-electron chi connectivity index (χ3n) is 19.4. The lowest BCUT2D eigenvalue weighted by molar-refractivity contribution is 0.0485. The Morgan fingerprint density at radius 3 is 0.663 bits per heavy atom. The minimum Gasteiger partial charge on any atom is -0.462 e. The molecule has 0 radical (unpaired) electrons.